The third-order valence-corrected chi connectivity index (χ3v) is 3.73. The predicted molar refractivity (Wildman–Crippen MR) is 76.7 cm³/mol. The number of rotatable bonds is 3. The summed E-state index contributed by atoms with van der Waals surface area (Å²) in [5.41, 5.74) is 7.04. The third kappa shape index (κ3) is 2.05. The zero-order valence-corrected chi connectivity index (χ0v) is 11.0. The SMILES string of the molecule is Nc1cc(NC2COc3ccccc32)nc(C2CC2)n1. The molecule has 20 heavy (non-hydrogen) atoms. The lowest BCUT2D eigenvalue weighted by atomic mass is 10.1. The molecule has 0 amide bonds. The number of nitrogens with zero attached hydrogens (tertiary/aromatic N) is 2. The minimum Gasteiger partial charge on any atom is -0.491 e. The maximum atomic E-state index is 5.87. The molecule has 1 saturated carbocycles. The summed E-state index contributed by atoms with van der Waals surface area (Å²) in [5.74, 6) is 3.60. The second-order valence-corrected chi connectivity index (χ2v) is 5.36. The Morgan fingerprint density at radius 2 is 2.05 bits per heavy atom. The number of ether oxygens (including phenoxy) is 1. The number of nitrogen functional groups attached to an aromatic ring is 1. The first kappa shape index (κ1) is 11.5. The van der Waals surface area contributed by atoms with E-state index in [9.17, 15) is 0 Å². The summed E-state index contributed by atoms with van der Waals surface area (Å²) in [5, 5.41) is 3.40. The maximum Gasteiger partial charge on any atom is 0.136 e. The van der Waals surface area contributed by atoms with Crippen molar-refractivity contribution in [2.24, 2.45) is 0 Å². The number of hydrogen-bond acceptors (Lipinski definition) is 5. The summed E-state index contributed by atoms with van der Waals surface area (Å²) < 4.78 is 5.67. The fraction of sp³-hybridized carbons (Fsp3) is 0.333. The van der Waals surface area contributed by atoms with Crippen molar-refractivity contribution < 1.29 is 4.74 Å². The number of anilines is 2. The molecule has 2 aromatic rings. The molecule has 2 aliphatic rings. The average Bonchev–Trinajstić information content (AvgIpc) is 3.22. The van der Waals surface area contributed by atoms with Gasteiger partial charge in [0, 0.05) is 17.5 Å². The third-order valence-electron chi connectivity index (χ3n) is 3.73. The van der Waals surface area contributed by atoms with Crippen LogP contribution in [0.5, 0.6) is 5.75 Å². The van der Waals surface area contributed by atoms with E-state index in [2.05, 4.69) is 21.4 Å². The molecule has 4 rings (SSSR count). The van der Waals surface area contributed by atoms with E-state index in [1.807, 2.05) is 18.2 Å². The topological polar surface area (TPSA) is 73.1 Å². The smallest absolute Gasteiger partial charge is 0.136 e. The van der Waals surface area contributed by atoms with Gasteiger partial charge in [0.05, 0.1) is 6.04 Å². The number of nitrogens with two attached hydrogens (primary N) is 1. The van der Waals surface area contributed by atoms with Crippen LogP contribution < -0.4 is 15.8 Å². The van der Waals surface area contributed by atoms with E-state index in [0.29, 0.717) is 18.3 Å². The van der Waals surface area contributed by atoms with Gasteiger partial charge in [-0.2, -0.15) is 0 Å². The van der Waals surface area contributed by atoms with E-state index in [1.54, 1.807) is 6.07 Å². The first-order valence-electron chi connectivity index (χ1n) is 6.92. The lowest BCUT2D eigenvalue weighted by Crippen LogP contribution is -2.14. The van der Waals surface area contributed by atoms with E-state index in [4.69, 9.17) is 10.5 Å². The molecule has 0 bridgehead atoms. The highest BCUT2D eigenvalue weighted by Gasteiger charge is 2.28. The van der Waals surface area contributed by atoms with Gasteiger partial charge in [0.1, 0.15) is 29.8 Å². The van der Waals surface area contributed by atoms with Gasteiger partial charge in [0.25, 0.3) is 0 Å². The second kappa shape index (κ2) is 4.37. The van der Waals surface area contributed by atoms with Crippen molar-refractivity contribution >= 4 is 11.6 Å². The Morgan fingerprint density at radius 1 is 1.20 bits per heavy atom. The Bertz CT molecular complexity index is 654. The highest BCUT2D eigenvalue weighted by molar-refractivity contribution is 5.50. The van der Waals surface area contributed by atoms with E-state index < -0.39 is 0 Å². The molecule has 2 heterocycles. The Hall–Kier alpha value is -2.30. The van der Waals surface area contributed by atoms with Crippen molar-refractivity contribution in [2.75, 3.05) is 17.7 Å². The average molecular weight is 268 g/mol. The van der Waals surface area contributed by atoms with E-state index >= 15 is 0 Å². The Labute approximate surface area is 117 Å². The summed E-state index contributed by atoms with van der Waals surface area (Å²) in [4.78, 5) is 8.88. The second-order valence-electron chi connectivity index (χ2n) is 5.36. The summed E-state index contributed by atoms with van der Waals surface area (Å²) in [6, 6.07) is 9.97. The largest absolute Gasteiger partial charge is 0.491 e. The lowest BCUT2D eigenvalue weighted by molar-refractivity contribution is 0.339. The highest BCUT2D eigenvalue weighted by atomic mass is 16.5. The van der Waals surface area contributed by atoms with Gasteiger partial charge in [-0.3, -0.25) is 0 Å². The van der Waals surface area contributed by atoms with Crippen LogP contribution >= 0.6 is 0 Å². The van der Waals surface area contributed by atoms with Gasteiger partial charge in [-0.05, 0) is 18.9 Å². The molecule has 1 aromatic carbocycles. The summed E-state index contributed by atoms with van der Waals surface area (Å²) in [6.45, 7) is 0.613. The van der Waals surface area contributed by atoms with Gasteiger partial charge in [-0.25, -0.2) is 9.97 Å². The maximum absolute atomic E-state index is 5.87. The van der Waals surface area contributed by atoms with Gasteiger partial charge in [0.15, 0.2) is 0 Å². The van der Waals surface area contributed by atoms with Gasteiger partial charge in [0.2, 0.25) is 0 Å². The molecular formula is C15H16N4O. The van der Waals surface area contributed by atoms with Crippen LogP contribution in [-0.2, 0) is 0 Å². The van der Waals surface area contributed by atoms with Crippen LogP contribution in [0, 0.1) is 0 Å². The minimum atomic E-state index is 0.118. The molecule has 0 spiro atoms. The highest BCUT2D eigenvalue weighted by Crippen LogP contribution is 2.39. The Kier molecular flexibility index (Phi) is 2.52. The number of para-hydroxylation sites is 1. The first-order chi connectivity index (χ1) is 9.79. The van der Waals surface area contributed by atoms with Crippen LogP contribution in [0.3, 0.4) is 0 Å². The molecule has 102 valence electrons. The number of benzene rings is 1. The molecule has 5 nitrogen and oxygen atoms in total. The van der Waals surface area contributed by atoms with Crippen molar-refractivity contribution in [2.45, 2.75) is 24.8 Å². The van der Waals surface area contributed by atoms with Crippen LogP contribution in [0.2, 0.25) is 0 Å². The first-order valence-corrected chi connectivity index (χ1v) is 6.92. The molecule has 3 N–H and O–H groups in total. The molecule has 1 aliphatic heterocycles. The van der Waals surface area contributed by atoms with Crippen molar-refractivity contribution in [3.63, 3.8) is 0 Å². The van der Waals surface area contributed by atoms with E-state index in [0.717, 1.165) is 35.8 Å². The Balaban J connectivity index is 1.60. The van der Waals surface area contributed by atoms with Crippen molar-refractivity contribution in [3.05, 3.63) is 41.7 Å². The number of nitrogens with one attached hydrogen (secondary N) is 1. The summed E-state index contributed by atoms with van der Waals surface area (Å²) in [6.07, 6.45) is 2.33. The molecular weight excluding hydrogens is 252 g/mol. The molecule has 1 aliphatic carbocycles. The quantitative estimate of drug-likeness (QED) is 0.894. The van der Waals surface area contributed by atoms with Crippen LogP contribution in [0.4, 0.5) is 11.6 Å². The molecule has 1 unspecified atom stereocenters. The van der Waals surface area contributed by atoms with Crippen molar-refractivity contribution in [1.29, 1.82) is 0 Å². The Morgan fingerprint density at radius 3 is 2.90 bits per heavy atom. The lowest BCUT2D eigenvalue weighted by Gasteiger charge is -2.13. The predicted octanol–water partition coefficient (Wildman–Crippen LogP) is 2.48. The number of hydrogen-bond donors (Lipinski definition) is 2. The minimum absolute atomic E-state index is 0.118. The van der Waals surface area contributed by atoms with Gasteiger partial charge >= 0.3 is 0 Å². The fourth-order valence-corrected chi connectivity index (χ4v) is 2.54. The van der Waals surface area contributed by atoms with E-state index in [-0.39, 0.29) is 6.04 Å². The fourth-order valence-electron chi connectivity index (χ4n) is 2.54. The normalized spacial score (nSPS) is 20.3. The summed E-state index contributed by atoms with van der Waals surface area (Å²) >= 11 is 0. The molecule has 0 radical (unpaired) electrons. The monoisotopic (exact) mass is 268 g/mol. The van der Waals surface area contributed by atoms with E-state index in [1.165, 1.54) is 0 Å². The zero-order valence-electron chi connectivity index (χ0n) is 11.0. The van der Waals surface area contributed by atoms with Crippen LogP contribution in [-0.4, -0.2) is 16.6 Å². The molecule has 1 aromatic heterocycles. The zero-order chi connectivity index (χ0) is 13.5. The van der Waals surface area contributed by atoms with Gasteiger partial charge in [-0.15, -0.1) is 0 Å². The molecule has 5 heteroatoms. The molecule has 0 saturated heterocycles. The molecule has 1 atom stereocenters. The van der Waals surface area contributed by atoms with Crippen molar-refractivity contribution in [1.82, 2.24) is 9.97 Å². The number of fused-ring (bicyclic) bond motifs is 1. The molecule has 1 fully saturated rings. The number of aromatic nitrogens is 2. The van der Waals surface area contributed by atoms with Gasteiger partial charge in [-0.1, -0.05) is 18.2 Å². The van der Waals surface area contributed by atoms with Gasteiger partial charge < -0.3 is 15.8 Å². The van der Waals surface area contributed by atoms with Crippen molar-refractivity contribution in [3.8, 4) is 5.75 Å². The van der Waals surface area contributed by atoms with Crippen LogP contribution in [0.15, 0.2) is 30.3 Å². The standard InChI is InChI=1S/C15H16N4O/c16-13-7-14(19-15(18-13)9-5-6-9)17-11-8-20-12-4-2-1-3-10(11)12/h1-4,7,9,11H,5-6,8H2,(H3,16,17,18,19). The van der Waals surface area contributed by atoms with Crippen LogP contribution in [0.1, 0.15) is 36.2 Å². The van der Waals surface area contributed by atoms with Crippen LogP contribution in [0.25, 0.3) is 0 Å². The summed E-state index contributed by atoms with van der Waals surface area (Å²) in [7, 11) is 0.